The van der Waals surface area contributed by atoms with Gasteiger partial charge < -0.3 is 15.1 Å². The first-order chi connectivity index (χ1) is 11.3. The van der Waals surface area contributed by atoms with Gasteiger partial charge in [-0.3, -0.25) is 9.59 Å². The molecule has 2 rings (SSSR count). The molecule has 0 spiro atoms. The summed E-state index contributed by atoms with van der Waals surface area (Å²) < 4.78 is 42.6. The van der Waals surface area contributed by atoms with E-state index in [1.54, 1.807) is 6.07 Å². The van der Waals surface area contributed by atoms with Crippen molar-refractivity contribution in [2.24, 2.45) is 0 Å². The third-order valence-electron chi connectivity index (χ3n) is 3.19. The molecule has 0 unspecified atom stereocenters. The third-order valence-corrected chi connectivity index (χ3v) is 3.19. The zero-order valence-electron chi connectivity index (χ0n) is 12.7. The van der Waals surface area contributed by atoms with Gasteiger partial charge in [-0.15, -0.1) is 0 Å². The SMILES string of the molecule is CC(=O)N[C@@H](C(=O)NCc1ccc(C(F)(F)F)cc1)c1ccco1. The fraction of sp³-hybridized carbons (Fsp3) is 0.250. The van der Waals surface area contributed by atoms with E-state index in [0.717, 1.165) is 12.1 Å². The maximum Gasteiger partial charge on any atom is 0.416 e. The van der Waals surface area contributed by atoms with E-state index in [2.05, 4.69) is 10.6 Å². The van der Waals surface area contributed by atoms with Gasteiger partial charge in [0.2, 0.25) is 5.91 Å². The lowest BCUT2D eigenvalue weighted by Crippen LogP contribution is -2.39. The summed E-state index contributed by atoms with van der Waals surface area (Å²) in [6.45, 7) is 1.28. The second-order valence-electron chi connectivity index (χ2n) is 5.06. The average Bonchev–Trinajstić information content (AvgIpc) is 3.03. The summed E-state index contributed by atoms with van der Waals surface area (Å²) in [6, 6.07) is 6.56. The highest BCUT2D eigenvalue weighted by Crippen LogP contribution is 2.29. The van der Waals surface area contributed by atoms with Gasteiger partial charge in [-0.1, -0.05) is 12.1 Å². The van der Waals surface area contributed by atoms with E-state index < -0.39 is 29.6 Å². The standard InChI is InChI=1S/C16H15F3N2O3/c1-10(22)21-14(13-3-2-8-24-13)15(23)20-9-11-4-6-12(7-5-11)16(17,18)19/h2-8,14H,9H2,1H3,(H,20,23)(H,21,22)/t14-/m1/s1. The Hall–Kier alpha value is -2.77. The van der Waals surface area contributed by atoms with Crippen molar-refractivity contribution < 1.29 is 27.2 Å². The van der Waals surface area contributed by atoms with Crippen LogP contribution < -0.4 is 10.6 Å². The number of hydrogen-bond acceptors (Lipinski definition) is 3. The van der Waals surface area contributed by atoms with Crippen molar-refractivity contribution in [2.75, 3.05) is 0 Å². The van der Waals surface area contributed by atoms with Crippen LogP contribution in [0.1, 0.15) is 29.9 Å². The normalized spacial score (nSPS) is 12.5. The molecule has 8 heteroatoms. The highest BCUT2D eigenvalue weighted by Gasteiger charge is 2.30. The minimum Gasteiger partial charge on any atom is -0.467 e. The van der Waals surface area contributed by atoms with Crippen molar-refractivity contribution >= 4 is 11.8 Å². The van der Waals surface area contributed by atoms with Gasteiger partial charge >= 0.3 is 6.18 Å². The number of amides is 2. The Kier molecular flexibility index (Phi) is 5.28. The topological polar surface area (TPSA) is 71.3 Å². The molecule has 0 radical (unpaired) electrons. The van der Waals surface area contributed by atoms with Crippen molar-refractivity contribution in [1.29, 1.82) is 0 Å². The maximum absolute atomic E-state index is 12.5. The van der Waals surface area contributed by atoms with E-state index >= 15 is 0 Å². The van der Waals surface area contributed by atoms with E-state index in [0.29, 0.717) is 5.56 Å². The number of carbonyl (C=O) groups excluding carboxylic acids is 2. The van der Waals surface area contributed by atoms with Gasteiger partial charge in [0.1, 0.15) is 5.76 Å². The van der Waals surface area contributed by atoms with E-state index in [4.69, 9.17) is 4.42 Å². The van der Waals surface area contributed by atoms with Crippen molar-refractivity contribution in [2.45, 2.75) is 25.7 Å². The zero-order valence-corrected chi connectivity index (χ0v) is 12.7. The maximum atomic E-state index is 12.5. The summed E-state index contributed by atoms with van der Waals surface area (Å²) in [5.74, 6) is -0.684. The minimum absolute atomic E-state index is 0.0216. The fourth-order valence-corrected chi connectivity index (χ4v) is 2.03. The van der Waals surface area contributed by atoms with Gasteiger partial charge in [0.25, 0.3) is 5.91 Å². The number of halogens is 3. The molecule has 0 aliphatic rings. The zero-order chi connectivity index (χ0) is 17.7. The molecule has 2 aromatic rings. The summed E-state index contributed by atoms with van der Waals surface area (Å²) in [4.78, 5) is 23.4. The van der Waals surface area contributed by atoms with Crippen LogP contribution in [-0.2, 0) is 22.3 Å². The Morgan fingerprint density at radius 2 is 1.83 bits per heavy atom. The number of benzene rings is 1. The Labute approximate surface area is 135 Å². The fourth-order valence-electron chi connectivity index (χ4n) is 2.03. The molecule has 0 saturated heterocycles. The van der Waals surface area contributed by atoms with Crippen LogP contribution in [0.2, 0.25) is 0 Å². The predicted octanol–water partition coefficient (Wildman–Crippen LogP) is 2.79. The number of rotatable bonds is 5. The second-order valence-corrected chi connectivity index (χ2v) is 5.06. The monoisotopic (exact) mass is 340 g/mol. The minimum atomic E-state index is -4.41. The summed E-state index contributed by atoms with van der Waals surface area (Å²) in [5, 5.41) is 5.01. The summed E-state index contributed by atoms with van der Waals surface area (Å²) in [5.41, 5.74) is -0.262. The van der Waals surface area contributed by atoms with Gasteiger partial charge in [0.05, 0.1) is 11.8 Å². The van der Waals surface area contributed by atoms with Crippen LogP contribution in [0.15, 0.2) is 47.1 Å². The second kappa shape index (κ2) is 7.20. The van der Waals surface area contributed by atoms with E-state index in [9.17, 15) is 22.8 Å². The molecule has 5 nitrogen and oxygen atoms in total. The summed E-state index contributed by atoms with van der Waals surface area (Å²) in [7, 11) is 0. The number of alkyl halides is 3. The molecule has 0 saturated carbocycles. The number of nitrogens with one attached hydrogen (secondary N) is 2. The van der Waals surface area contributed by atoms with Crippen molar-refractivity contribution in [3.05, 3.63) is 59.5 Å². The van der Waals surface area contributed by atoms with Crippen LogP contribution >= 0.6 is 0 Å². The van der Waals surface area contributed by atoms with E-state index in [1.165, 1.54) is 31.4 Å². The lowest BCUT2D eigenvalue weighted by molar-refractivity contribution is -0.137. The number of carbonyl (C=O) groups is 2. The van der Waals surface area contributed by atoms with E-state index in [1.807, 2.05) is 0 Å². The Morgan fingerprint density at radius 3 is 2.33 bits per heavy atom. The highest BCUT2D eigenvalue weighted by molar-refractivity contribution is 5.87. The smallest absolute Gasteiger partial charge is 0.416 e. The molecule has 1 heterocycles. The van der Waals surface area contributed by atoms with Crippen molar-refractivity contribution in [1.82, 2.24) is 10.6 Å². The molecule has 1 aromatic carbocycles. The van der Waals surface area contributed by atoms with Gasteiger partial charge in [0, 0.05) is 13.5 Å². The lowest BCUT2D eigenvalue weighted by atomic mass is 10.1. The quantitative estimate of drug-likeness (QED) is 0.879. The Balaban J connectivity index is 2.01. The van der Waals surface area contributed by atoms with Crippen molar-refractivity contribution in [3.8, 4) is 0 Å². The Morgan fingerprint density at radius 1 is 1.17 bits per heavy atom. The molecule has 2 amide bonds. The molecule has 2 N–H and O–H groups in total. The largest absolute Gasteiger partial charge is 0.467 e. The molecular weight excluding hydrogens is 325 g/mol. The first-order valence-electron chi connectivity index (χ1n) is 7.01. The van der Waals surface area contributed by atoms with Crippen LogP contribution in [0.5, 0.6) is 0 Å². The van der Waals surface area contributed by atoms with Crippen LogP contribution in [-0.4, -0.2) is 11.8 Å². The first-order valence-corrected chi connectivity index (χ1v) is 7.01. The van der Waals surface area contributed by atoms with Gasteiger partial charge in [-0.05, 0) is 29.8 Å². The highest BCUT2D eigenvalue weighted by atomic mass is 19.4. The molecule has 0 aliphatic carbocycles. The molecule has 24 heavy (non-hydrogen) atoms. The molecule has 128 valence electrons. The number of furan rings is 1. The van der Waals surface area contributed by atoms with Crippen LogP contribution in [0.3, 0.4) is 0 Å². The number of hydrogen-bond donors (Lipinski definition) is 2. The van der Waals surface area contributed by atoms with Gasteiger partial charge in [-0.25, -0.2) is 0 Å². The first kappa shape index (κ1) is 17.6. The van der Waals surface area contributed by atoms with Crippen LogP contribution in [0, 0.1) is 0 Å². The summed E-state index contributed by atoms with van der Waals surface area (Å²) in [6.07, 6.45) is -3.04. The van der Waals surface area contributed by atoms with Gasteiger partial charge in [0.15, 0.2) is 6.04 Å². The molecule has 1 atom stereocenters. The third kappa shape index (κ3) is 4.61. The lowest BCUT2D eigenvalue weighted by Gasteiger charge is -2.15. The van der Waals surface area contributed by atoms with Crippen molar-refractivity contribution in [3.63, 3.8) is 0 Å². The average molecular weight is 340 g/mol. The molecule has 0 fully saturated rings. The predicted molar refractivity (Wildman–Crippen MR) is 78.6 cm³/mol. The van der Waals surface area contributed by atoms with Gasteiger partial charge in [-0.2, -0.15) is 13.2 Å². The molecule has 0 bridgehead atoms. The van der Waals surface area contributed by atoms with Crippen LogP contribution in [0.25, 0.3) is 0 Å². The molecular formula is C16H15F3N2O3. The molecule has 1 aromatic heterocycles. The Bertz CT molecular complexity index is 694. The summed E-state index contributed by atoms with van der Waals surface area (Å²) >= 11 is 0. The van der Waals surface area contributed by atoms with Crippen LogP contribution in [0.4, 0.5) is 13.2 Å². The van der Waals surface area contributed by atoms with E-state index in [-0.39, 0.29) is 12.3 Å². The molecule has 0 aliphatic heterocycles.